The van der Waals surface area contributed by atoms with E-state index in [-0.39, 0.29) is 64.8 Å². The molecule has 0 aromatic heterocycles. The molecule has 0 aliphatic carbocycles. The van der Waals surface area contributed by atoms with Crippen molar-refractivity contribution in [3.63, 3.8) is 0 Å². The average molecular weight is 823 g/mol. The van der Waals surface area contributed by atoms with Gasteiger partial charge in [0, 0.05) is 0 Å². The minimum Gasteiger partial charge on any atom is -0.870 e. The Morgan fingerprint density at radius 1 is 0.564 bits per heavy atom. The molecule has 0 saturated heterocycles. The number of rotatable bonds is 22. The van der Waals surface area contributed by atoms with E-state index in [2.05, 4.69) is 13.8 Å². The van der Waals surface area contributed by atoms with Crippen LogP contribution in [0.3, 0.4) is 0 Å². The predicted molar refractivity (Wildman–Crippen MR) is 214 cm³/mol. The second-order valence-corrected chi connectivity index (χ2v) is 16.1. The van der Waals surface area contributed by atoms with E-state index in [4.69, 9.17) is 9.47 Å². The molecule has 0 unspecified atom stereocenters. The summed E-state index contributed by atoms with van der Waals surface area (Å²) in [5.41, 5.74) is 0.971. The molecule has 0 aliphatic heterocycles. The van der Waals surface area contributed by atoms with Gasteiger partial charge in [-0.2, -0.15) is 8.42 Å². The Morgan fingerprint density at radius 2 is 0.982 bits per heavy atom. The Bertz CT molecular complexity index is 1810. The number of hydrogen-bond acceptors (Lipinski definition) is 9. The van der Waals surface area contributed by atoms with Crippen molar-refractivity contribution in [3.05, 3.63) is 96.1 Å². The van der Waals surface area contributed by atoms with E-state index in [0.717, 1.165) is 38.5 Å². The third-order valence-corrected chi connectivity index (χ3v) is 10.8. The summed E-state index contributed by atoms with van der Waals surface area (Å²) in [6.45, 7) is 4.35. The summed E-state index contributed by atoms with van der Waals surface area (Å²) in [6.07, 6.45) is 16.6. The molecule has 0 aliphatic rings. The van der Waals surface area contributed by atoms with Gasteiger partial charge in [0.25, 0.3) is 10.1 Å². The van der Waals surface area contributed by atoms with Crippen LogP contribution in [0.2, 0.25) is 0 Å². The van der Waals surface area contributed by atoms with Crippen molar-refractivity contribution in [1.82, 2.24) is 0 Å². The quantitative estimate of drug-likeness (QED) is 0.0441. The maximum Gasteiger partial charge on any atom is 2.00 e. The van der Waals surface area contributed by atoms with Crippen LogP contribution < -0.4 is 14.6 Å². The minimum absolute atomic E-state index is 0. The molecular formula is C42H54CaO10S2. The third kappa shape index (κ3) is 17.9. The molecule has 10 nitrogen and oxygen atoms in total. The van der Waals surface area contributed by atoms with E-state index < -0.39 is 20.2 Å². The molecule has 2 N–H and O–H groups in total. The maximum absolute atomic E-state index is 11.8. The van der Waals surface area contributed by atoms with E-state index in [9.17, 15) is 36.2 Å². The largest absolute Gasteiger partial charge is 2.00 e. The summed E-state index contributed by atoms with van der Waals surface area (Å²) >= 11 is 0. The molecule has 0 radical (unpaired) electrons. The Balaban J connectivity index is 0.000000373. The van der Waals surface area contributed by atoms with Crippen molar-refractivity contribution in [2.75, 3.05) is 0 Å². The monoisotopic (exact) mass is 822 g/mol. The van der Waals surface area contributed by atoms with Gasteiger partial charge in [0.2, 0.25) is 0 Å². The second-order valence-electron chi connectivity index (χ2n) is 13.3. The van der Waals surface area contributed by atoms with Crippen LogP contribution >= 0.6 is 0 Å². The number of aryl methyl sites for hydroxylation is 2. The number of ether oxygens (including phenoxy) is 2. The number of benzene rings is 4. The van der Waals surface area contributed by atoms with Gasteiger partial charge in [0.05, 0.1) is 9.79 Å². The zero-order chi connectivity index (χ0) is 39.4. The van der Waals surface area contributed by atoms with E-state index in [1.165, 1.54) is 87.8 Å². The molecule has 0 heterocycles. The van der Waals surface area contributed by atoms with Crippen molar-refractivity contribution in [2.45, 2.75) is 126 Å². The molecule has 0 saturated carbocycles. The molecule has 55 heavy (non-hydrogen) atoms. The summed E-state index contributed by atoms with van der Waals surface area (Å²) in [6, 6.07) is 21.5. The van der Waals surface area contributed by atoms with Gasteiger partial charge in [0.15, 0.2) is 11.5 Å². The zero-order valence-corrected chi connectivity index (χ0v) is 35.9. The molecule has 4 aromatic carbocycles. The van der Waals surface area contributed by atoms with Gasteiger partial charge in [-0.1, -0.05) is 127 Å². The molecule has 13 heteroatoms. The van der Waals surface area contributed by atoms with Gasteiger partial charge in [-0.3, -0.25) is 4.55 Å². The maximum atomic E-state index is 11.8. The molecule has 0 spiro atoms. The van der Waals surface area contributed by atoms with Gasteiger partial charge >= 0.3 is 37.7 Å². The first-order chi connectivity index (χ1) is 25.8. The molecular weight excluding hydrogens is 769 g/mol. The van der Waals surface area contributed by atoms with Crippen LogP contribution in [0.15, 0.2) is 94.7 Å². The fourth-order valence-corrected chi connectivity index (χ4v) is 7.45. The minimum atomic E-state index is -4.55. The molecule has 0 amide bonds. The zero-order valence-electron chi connectivity index (χ0n) is 32.1. The van der Waals surface area contributed by atoms with E-state index >= 15 is 0 Å². The number of phenols is 1. The van der Waals surface area contributed by atoms with Crippen molar-refractivity contribution >= 4 is 58.0 Å². The molecule has 4 rings (SSSR count). The van der Waals surface area contributed by atoms with Gasteiger partial charge in [0.1, 0.15) is 27.4 Å². The second kappa shape index (κ2) is 25.4. The fraction of sp³-hybridized carbons (Fsp3) is 0.429. The van der Waals surface area contributed by atoms with E-state index in [1.807, 2.05) is 0 Å². The number of para-hydroxylation sites is 4. The van der Waals surface area contributed by atoms with Crippen molar-refractivity contribution in [2.24, 2.45) is 0 Å². The van der Waals surface area contributed by atoms with Crippen molar-refractivity contribution in [1.29, 1.82) is 0 Å². The Labute approximate surface area is 357 Å². The number of phenolic OH excluding ortho intramolecular Hbond substituents is 1. The van der Waals surface area contributed by atoms with Crippen LogP contribution in [0.25, 0.3) is 0 Å². The van der Waals surface area contributed by atoms with Crippen LogP contribution in [0.5, 0.6) is 34.5 Å². The van der Waals surface area contributed by atoms with Crippen molar-refractivity contribution in [3.8, 4) is 34.5 Å². The predicted octanol–water partition coefficient (Wildman–Crippen LogP) is 10.1. The van der Waals surface area contributed by atoms with Crippen LogP contribution in [0.1, 0.15) is 115 Å². The first-order valence-corrected chi connectivity index (χ1v) is 21.8. The van der Waals surface area contributed by atoms with Crippen LogP contribution in [0.4, 0.5) is 0 Å². The summed E-state index contributed by atoms with van der Waals surface area (Å²) in [5, 5.41) is 21.6. The van der Waals surface area contributed by atoms with Crippen LogP contribution in [-0.4, -0.2) is 68.8 Å². The topological polar surface area (TPSA) is 173 Å². The average Bonchev–Trinajstić information content (AvgIpc) is 3.12. The first kappa shape index (κ1) is 48.3. The van der Waals surface area contributed by atoms with E-state index in [1.54, 1.807) is 48.5 Å². The van der Waals surface area contributed by atoms with Gasteiger partial charge in [-0.25, -0.2) is 8.42 Å². The molecule has 4 aromatic rings. The first-order valence-electron chi connectivity index (χ1n) is 18.9. The van der Waals surface area contributed by atoms with Crippen LogP contribution in [0, 0.1) is 0 Å². The Morgan fingerprint density at radius 3 is 1.45 bits per heavy atom. The standard InChI is InChI=1S/2C21H28O5S.Ca/c2*1-2-3-4-5-6-7-8-11-17-16-18(14-15-21(17)27(23,24)25)26-20-13-10-9-12-19(20)22;/h2*9-10,12-16,22H,2-8,11H2,1H3,(H,23,24,25);/q;;+2/p-2. The normalized spacial score (nSPS) is 11.3. The molecule has 0 atom stereocenters. The fourth-order valence-electron chi connectivity index (χ4n) is 6.00. The number of unbranched alkanes of at least 4 members (excludes halogenated alkanes) is 12. The van der Waals surface area contributed by atoms with E-state index in [0.29, 0.717) is 41.2 Å². The van der Waals surface area contributed by atoms with Crippen molar-refractivity contribution < 1.29 is 45.6 Å². The SMILES string of the molecule is CCCCCCCCCc1cc(Oc2ccccc2O)ccc1S(=O)(=O)O.CCCCCCCCCc1cc(Oc2ccccc2[O-])ccc1S(=O)(=O)[O-].[Ca+2]. The Kier molecular flexibility index (Phi) is 22.3. The Hall–Kier alpha value is -2.84. The number of hydrogen-bond donors (Lipinski definition) is 2. The molecule has 296 valence electrons. The molecule has 0 bridgehead atoms. The summed E-state index contributed by atoms with van der Waals surface area (Å²) in [7, 11) is -8.84. The van der Waals surface area contributed by atoms with Gasteiger partial charge in [-0.05, 0) is 91.4 Å². The summed E-state index contributed by atoms with van der Waals surface area (Å²) in [4.78, 5) is -0.297. The van der Waals surface area contributed by atoms with Gasteiger partial charge < -0.3 is 24.2 Å². The third-order valence-electron chi connectivity index (χ3n) is 8.88. The smallest absolute Gasteiger partial charge is 0.870 e. The number of aromatic hydroxyl groups is 1. The summed E-state index contributed by atoms with van der Waals surface area (Å²) < 4.78 is 78.7. The van der Waals surface area contributed by atoms with Gasteiger partial charge in [-0.15, -0.1) is 0 Å². The summed E-state index contributed by atoms with van der Waals surface area (Å²) in [5.74, 6) is 0.971. The van der Waals surface area contributed by atoms with Crippen LogP contribution in [-0.2, 0) is 33.1 Å². The molecule has 0 fully saturated rings.